The molecule has 0 bridgehead atoms. The number of methoxy groups -OCH3 is 1. The van der Waals surface area contributed by atoms with Crippen molar-refractivity contribution in [1.29, 1.82) is 5.26 Å². The highest BCUT2D eigenvalue weighted by Crippen LogP contribution is 2.47. The van der Waals surface area contributed by atoms with Gasteiger partial charge in [0.15, 0.2) is 11.2 Å². The zero-order chi connectivity index (χ0) is 17.5. The second kappa shape index (κ2) is 5.76. The minimum Gasteiger partial charge on any atom is -0.547 e. The Morgan fingerprint density at radius 2 is 2.04 bits per heavy atom. The van der Waals surface area contributed by atoms with Gasteiger partial charge in [0, 0.05) is 13.5 Å². The van der Waals surface area contributed by atoms with Crippen molar-refractivity contribution >= 4 is 14.1 Å². The maximum Gasteiger partial charge on any atom is 0.241 e. The molecule has 3 rings (SSSR count). The summed E-state index contributed by atoms with van der Waals surface area (Å²) in [6.45, 7) is 6.26. The van der Waals surface area contributed by atoms with Gasteiger partial charge in [-0.05, 0) is 37.8 Å². The van der Waals surface area contributed by atoms with Crippen molar-refractivity contribution in [3.05, 3.63) is 41.7 Å². The van der Waals surface area contributed by atoms with Crippen LogP contribution in [0.5, 0.6) is 5.75 Å². The molecule has 24 heavy (non-hydrogen) atoms. The molecular formula is C18H21NO4Si. The van der Waals surface area contributed by atoms with E-state index in [1.165, 1.54) is 7.11 Å². The third-order valence-corrected chi connectivity index (χ3v) is 5.21. The third-order valence-electron chi connectivity index (χ3n) is 4.33. The molecule has 6 heteroatoms. The number of ketones is 1. The Labute approximate surface area is 143 Å². The Kier molecular flexibility index (Phi) is 4.02. The number of hydrogen-bond acceptors (Lipinski definition) is 5. The molecule has 5 nitrogen and oxygen atoms in total. The number of para-hydroxylation sites is 1. The zero-order valence-electron chi connectivity index (χ0n) is 14.3. The number of carbonyl (C=O) groups excluding carboxylic acids is 1. The summed E-state index contributed by atoms with van der Waals surface area (Å²) in [5.41, 5.74) is -0.949. The number of fused-ring (bicyclic) bond motifs is 2. The van der Waals surface area contributed by atoms with Crippen molar-refractivity contribution in [3.63, 3.8) is 0 Å². The van der Waals surface area contributed by atoms with Crippen LogP contribution < -0.4 is 4.74 Å². The summed E-state index contributed by atoms with van der Waals surface area (Å²) in [5.74, 6) is 1.01. The van der Waals surface area contributed by atoms with Gasteiger partial charge in [-0.1, -0.05) is 12.1 Å². The normalized spacial score (nSPS) is 28.8. The molecule has 1 aromatic rings. The molecule has 1 aliphatic heterocycles. The van der Waals surface area contributed by atoms with Crippen molar-refractivity contribution in [2.24, 2.45) is 5.41 Å². The molecule has 0 saturated carbocycles. The Balaban J connectivity index is 2.08. The number of ether oxygens (including phenoxy) is 2. The lowest BCUT2D eigenvalue weighted by Crippen LogP contribution is -2.57. The van der Waals surface area contributed by atoms with Crippen molar-refractivity contribution in [2.45, 2.75) is 38.3 Å². The van der Waals surface area contributed by atoms with Crippen molar-refractivity contribution < 1.29 is 18.7 Å². The fourth-order valence-electron chi connectivity index (χ4n) is 3.35. The van der Waals surface area contributed by atoms with Crippen LogP contribution in [0.25, 0.3) is 0 Å². The van der Waals surface area contributed by atoms with Crippen molar-refractivity contribution in [2.75, 3.05) is 7.11 Å². The third kappa shape index (κ3) is 2.54. The number of nitrogens with zero attached hydrogens (tertiary/aromatic N) is 1. The van der Waals surface area contributed by atoms with E-state index in [1.54, 1.807) is 24.3 Å². The lowest BCUT2D eigenvalue weighted by molar-refractivity contribution is -0.0284. The molecule has 0 saturated heterocycles. The summed E-state index contributed by atoms with van der Waals surface area (Å²) in [6, 6.07) is 9.24. The van der Waals surface area contributed by atoms with Crippen molar-refractivity contribution in [1.82, 2.24) is 0 Å². The monoisotopic (exact) mass is 343 g/mol. The molecule has 0 aromatic heterocycles. The summed E-state index contributed by atoms with van der Waals surface area (Å²) < 4.78 is 17.7. The number of rotatable bonds is 3. The molecule has 1 aliphatic carbocycles. The highest BCUT2D eigenvalue weighted by molar-refractivity contribution is 6.70. The molecule has 1 heterocycles. The van der Waals surface area contributed by atoms with E-state index < -0.39 is 25.9 Å². The summed E-state index contributed by atoms with van der Waals surface area (Å²) in [7, 11) is -0.311. The Bertz CT molecular complexity index is 746. The standard InChI is InChI=1S/C18H21NO4Si/c1-21-15-9-12(23-24(2,3)4)10-16-18(15,11-19)17(20)13-7-5-6-8-14(13)22-16/h5-9,15-16H,10H2,1-4H3/t15-,16-,18+/m1/s1. The van der Waals surface area contributed by atoms with E-state index in [4.69, 9.17) is 13.9 Å². The van der Waals surface area contributed by atoms with Crippen molar-refractivity contribution in [3.8, 4) is 11.8 Å². The zero-order valence-corrected chi connectivity index (χ0v) is 15.3. The minimum absolute atomic E-state index is 0.244. The lowest BCUT2D eigenvalue weighted by atomic mass is 9.67. The average molecular weight is 343 g/mol. The second-order valence-electron chi connectivity index (χ2n) is 7.12. The van der Waals surface area contributed by atoms with E-state index in [2.05, 4.69) is 25.7 Å². The maximum absolute atomic E-state index is 13.1. The summed E-state index contributed by atoms with van der Waals surface area (Å²) in [5, 5.41) is 9.90. The molecule has 0 amide bonds. The molecule has 0 unspecified atom stereocenters. The van der Waals surface area contributed by atoms with Gasteiger partial charge in [0.25, 0.3) is 0 Å². The van der Waals surface area contributed by atoms with E-state index in [0.29, 0.717) is 17.7 Å². The van der Waals surface area contributed by atoms with Crippen LogP contribution in [0, 0.1) is 16.7 Å². The van der Waals surface area contributed by atoms with Gasteiger partial charge in [-0.15, -0.1) is 0 Å². The second-order valence-corrected chi connectivity index (χ2v) is 11.5. The van der Waals surface area contributed by atoms with Crippen LogP contribution in [0.2, 0.25) is 19.6 Å². The molecule has 0 spiro atoms. The van der Waals surface area contributed by atoms with Crippen LogP contribution in [0.3, 0.4) is 0 Å². The molecular weight excluding hydrogens is 322 g/mol. The number of benzene rings is 1. The van der Waals surface area contributed by atoms with Gasteiger partial charge < -0.3 is 13.9 Å². The van der Waals surface area contributed by atoms with Crippen LogP contribution in [0.15, 0.2) is 36.1 Å². The predicted octanol–water partition coefficient (Wildman–Crippen LogP) is 3.29. The maximum atomic E-state index is 13.1. The first-order valence-electron chi connectivity index (χ1n) is 7.96. The first-order chi connectivity index (χ1) is 11.3. The van der Waals surface area contributed by atoms with E-state index in [1.807, 2.05) is 6.07 Å². The SMILES string of the molecule is CO[C@@H]1C=C(O[Si](C)(C)C)C[C@H]2Oc3ccccc3C(=O)[C@@]12C#N. The fourth-order valence-corrected chi connectivity index (χ4v) is 4.29. The van der Waals surface area contributed by atoms with Gasteiger partial charge in [0.1, 0.15) is 18.0 Å². The van der Waals surface area contributed by atoms with Crippen LogP contribution >= 0.6 is 0 Å². The molecule has 1 aromatic carbocycles. The summed E-state index contributed by atoms with van der Waals surface area (Å²) in [4.78, 5) is 13.1. The first-order valence-corrected chi connectivity index (χ1v) is 11.4. The minimum atomic E-state index is -1.81. The molecule has 126 valence electrons. The quantitative estimate of drug-likeness (QED) is 0.788. The van der Waals surface area contributed by atoms with Crippen LogP contribution in [-0.4, -0.2) is 33.4 Å². The van der Waals surface area contributed by atoms with E-state index in [0.717, 1.165) is 5.76 Å². The number of Topliss-reactive ketones (excluding diaryl/α,β-unsaturated/α-hetero) is 1. The van der Waals surface area contributed by atoms with E-state index >= 15 is 0 Å². The van der Waals surface area contributed by atoms with Gasteiger partial charge in [-0.25, -0.2) is 0 Å². The number of nitriles is 1. The van der Waals surface area contributed by atoms with Gasteiger partial charge in [0.05, 0.1) is 17.4 Å². The molecule has 2 aliphatic rings. The first kappa shape index (κ1) is 16.7. The summed E-state index contributed by atoms with van der Waals surface area (Å²) in [6.07, 6.45) is 0.838. The Hall–Kier alpha value is -2.10. The molecule has 0 N–H and O–H groups in total. The lowest BCUT2D eigenvalue weighted by Gasteiger charge is -2.45. The van der Waals surface area contributed by atoms with E-state index in [-0.39, 0.29) is 5.78 Å². The summed E-state index contributed by atoms with van der Waals surface area (Å²) >= 11 is 0. The topological polar surface area (TPSA) is 68.6 Å². The Morgan fingerprint density at radius 1 is 1.33 bits per heavy atom. The van der Waals surface area contributed by atoms with Crippen LogP contribution in [0.1, 0.15) is 16.8 Å². The van der Waals surface area contributed by atoms with Crippen LogP contribution in [-0.2, 0) is 9.16 Å². The van der Waals surface area contributed by atoms with Gasteiger partial charge in [-0.3, -0.25) is 4.79 Å². The molecule has 3 atom stereocenters. The fraction of sp³-hybridized carbons (Fsp3) is 0.444. The van der Waals surface area contributed by atoms with Gasteiger partial charge >= 0.3 is 0 Å². The predicted molar refractivity (Wildman–Crippen MR) is 91.2 cm³/mol. The molecule has 0 radical (unpaired) electrons. The van der Waals surface area contributed by atoms with Crippen LogP contribution in [0.4, 0.5) is 0 Å². The van der Waals surface area contributed by atoms with E-state index in [9.17, 15) is 10.1 Å². The van der Waals surface area contributed by atoms with Gasteiger partial charge in [-0.2, -0.15) is 5.26 Å². The highest BCUT2D eigenvalue weighted by Gasteiger charge is 2.59. The molecule has 0 fully saturated rings. The Morgan fingerprint density at radius 3 is 2.67 bits per heavy atom. The van der Waals surface area contributed by atoms with Gasteiger partial charge in [0.2, 0.25) is 8.32 Å². The smallest absolute Gasteiger partial charge is 0.241 e. The largest absolute Gasteiger partial charge is 0.547 e. The number of carbonyl (C=O) groups is 1. The average Bonchev–Trinajstić information content (AvgIpc) is 2.53. The number of hydrogen-bond donors (Lipinski definition) is 0. The highest BCUT2D eigenvalue weighted by atomic mass is 28.4.